The number of nitrogens with zero attached hydrogens (tertiary/aromatic N) is 3. The number of aromatic nitrogens is 2. The summed E-state index contributed by atoms with van der Waals surface area (Å²) in [6.45, 7) is 6.03. The van der Waals surface area contributed by atoms with Crippen LogP contribution in [0, 0.1) is 12.8 Å². The standard InChI is InChI=1S/C18H25N3O3S/c1-5-8-21(9-12-6-7-12)18(22)15-11(2)14-16(24-4)19-13(10-23-3)20-17(14)25-15/h12H,5-10H2,1-4H3. The van der Waals surface area contributed by atoms with Gasteiger partial charge in [-0.3, -0.25) is 4.79 Å². The largest absolute Gasteiger partial charge is 0.480 e. The molecule has 2 aromatic heterocycles. The van der Waals surface area contributed by atoms with Crippen molar-refractivity contribution in [1.29, 1.82) is 0 Å². The first kappa shape index (κ1) is 18.1. The molecule has 1 fully saturated rings. The molecule has 0 aliphatic heterocycles. The topological polar surface area (TPSA) is 64.6 Å². The summed E-state index contributed by atoms with van der Waals surface area (Å²) in [4.78, 5) is 25.6. The molecular formula is C18H25N3O3S. The van der Waals surface area contributed by atoms with Gasteiger partial charge < -0.3 is 14.4 Å². The van der Waals surface area contributed by atoms with E-state index in [1.807, 2.05) is 11.8 Å². The number of ether oxygens (including phenoxy) is 2. The first-order valence-electron chi connectivity index (χ1n) is 8.71. The van der Waals surface area contributed by atoms with E-state index < -0.39 is 0 Å². The summed E-state index contributed by atoms with van der Waals surface area (Å²) >= 11 is 1.43. The summed E-state index contributed by atoms with van der Waals surface area (Å²) in [7, 11) is 3.20. The second kappa shape index (κ2) is 7.66. The van der Waals surface area contributed by atoms with E-state index in [0.717, 1.165) is 40.2 Å². The highest BCUT2D eigenvalue weighted by Gasteiger charge is 2.29. The van der Waals surface area contributed by atoms with Crippen LogP contribution < -0.4 is 4.74 Å². The highest BCUT2D eigenvalue weighted by atomic mass is 32.1. The minimum Gasteiger partial charge on any atom is -0.480 e. The summed E-state index contributed by atoms with van der Waals surface area (Å²) in [5, 5.41) is 0.832. The van der Waals surface area contributed by atoms with Crippen molar-refractivity contribution in [2.75, 3.05) is 27.3 Å². The van der Waals surface area contributed by atoms with Gasteiger partial charge in [-0.2, -0.15) is 4.98 Å². The molecule has 25 heavy (non-hydrogen) atoms. The number of carbonyl (C=O) groups excluding carboxylic acids is 1. The van der Waals surface area contributed by atoms with Gasteiger partial charge in [0.15, 0.2) is 5.82 Å². The lowest BCUT2D eigenvalue weighted by Crippen LogP contribution is -2.33. The van der Waals surface area contributed by atoms with Gasteiger partial charge in [0.2, 0.25) is 5.88 Å². The SMILES string of the molecule is CCCN(CC1CC1)C(=O)c1sc2nc(COC)nc(OC)c2c1C. The van der Waals surface area contributed by atoms with Crippen LogP contribution in [0.25, 0.3) is 10.2 Å². The number of hydrogen-bond acceptors (Lipinski definition) is 6. The molecule has 0 unspecified atom stereocenters. The molecule has 1 aliphatic rings. The van der Waals surface area contributed by atoms with Crippen LogP contribution in [0.4, 0.5) is 0 Å². The maximum Gasteiger partial charge on any atom is 0.264 e. The fourth-order valence-electron chi connectivity index (χ4n) is 2.99. The van der Waals surface area contributed by atoms with Gasteiger partial charge in [0, 0.05) is 20.2 Å². The minimum absolute atomic E-state index is 0.101. The molecule has 0 bridgehead atoms. The van der Waals surface area contributed by atoms with E-state index in [4.69, 9.17) is 9.47 Å². The summed E-state index contributed by atoms with van der Waals surface area (Å²) in [6, 6.07) is 0. The van der Waals surface area contributed by atoms with E-state index in [-0.39, 0.29) is 5.91 Å². The molecule has 0 atom stereocenters. The van der Waals surface area contributed by atoms with Gasteiger partial charge >= 0.3 is 0 Å². The van der Waals surface area contributed by atoms with Gasteiger partial charge in [0.25, 0.3) is 5.91 Å². The molecule has 1 amide bonds. The lowest BCUT2D eigenvalue weighted by molar-refractivity contribution is 0.0752. The first-order chi connectivity index (χ1) is 12.1. The Hall–Kier alpha value is -1.73. The van der Waals surface area contributed by atoms with Crippen molar-refractivity contribution < 1.29 is 14.3 Å². The van der Waals surface area contributed by atoms with Gasteiger partial charge in [-0.25, -0.2) is 4.98 Å². The fourth-order valence-corrected chi connectivity index (χ4v) is 4.15. The number of rotatable bonds is 8. The zero-order valence-corrected chi connectivity index (χ0v) is 16.1. The Labute approximate surface area is 152 Å². The quantitative estimate of drug-likeness (QED) is 0.719. The van der Waals surface area contributed by atoms with Crippen LogP contribution in [0.15, 0.2) is 0 Å². The van der Waals surface area contributed by atoms with Crippen LogP contribution in [0.5, 0.6) is 5.88 Å². The third-order valence-electron chi connectivity index (χ3n) is 4.42. The average Bonchev–Trinajstić information content (AvgIpc) is 3.36. The molecule has 6 nitrogen and oxygen atoms in total. The van der Waals surface area contributed by atoms with Crippen molar-refractivity contribution in [2.45, 2.75) is 39.7 Å². The number of thiophene rings is 1. The summed E-state index contributed by atoms with van der Waals surface area (Å²) in [5.41, 5.74) is 0.905. The average molecular weight is 363 g/mol. The van der Waals surface area contributed by atoms with Crippen LogP contribution in [-0.4, -0.2) is 48.1 Å². The number of aryl methyl sites for hydroxylation is 1. The second-order valence-corrected chi connectivity index (χ2v) is 7.51. The molecule has 2 aromatic rings. The van der Waals surface area contributed by atoms with Crippen LogP contribution in [0.3, 0.4) is 0 Å². The molecule has 136 valence electrons. The molecule has 1 aliphatic carbocycles. The number of fused-ring (bicyclic) bond motifs is 1. The lowest BCUT2D eigenvalue weighted by Gasteiger charge is -2.21. The predicted molar refractivity (Wildman–Crippen MR) is 98.3 cm³/mol. The van der Waals surface area contributed by atoms with Crippen molar-refractivity contribution in [3.63, 3.8) is 0 Å². The molecule has 1 saturated carbocycles. The number of carbonyl (C=O) groups is 1. The Morgan fingerprint density at radius 1 is 1.32 bits per heavy atom. The number of methoxy groups -OCH3 is 2. The molecule has 0 aromatic carbocycles. The molecule has 2 heterocycles. The van der Waals surface area contributed by atoms with Gasteiger partial charge in [0.05, 0.1) is 17.4 Å². The Morgan fingerprint density at radius 2 is 2.08 bits per heavy atom. The fraction of sp³-hybridized carbons (Fsp3) is 0.611. The zero-order valence-electron chi connectivity index (χ0n) is 15.3. The molecule has 0 N–H and O–H groups in total. The van der Waals surface area contributed by atoms with Gasteiger partial charge in [-0.05, 0) is 37.7 Å². The molecule has 3 rings (SSSR count). The van der Waals surface area contributed by atoms with Crippen molar-refractivity contribution in [2.24, 2.45) is 5.92 Å². The van der Waals surface area contributed by atoms with Crippen molar-refractivity contribution in [3.8, 4) is 5.88 Å². The third-order valence-corrected chi connectivity index (χ3v) is 5.59. The highest BCUT2D eigenvalue weighted by molar-refractivity contribution is 7.20. The summed E-state index contributed by atoms with van der Waals surface area (Å²) < 4.78 is 10.6. The second-order valence-electron chi connectivity index (χ2n) is 6.51. The third kappa shape index (κ3) is 3.77. The van der Waals surface area contributed by atoms with E-state index in [1.54, 1.807) is 14.2 Å². The van der Waals surface area contributed by atoms with Crippen LogP contribution in [0.2, 0.25) is 0 Å². The predicted octanol–water partition coefficient (Wildman–Crippen LogP) is 3.42. The molecule has 0 radical (unpaired) electrons. The van der Waals surface area contributed by atoms with E-state index in [1.165, 1.54) is 24.2 Å². The van der Waals surface area contributed by atoms with Gasteiger partial charge in [-0.1, -0.05) is 6.92 Å². The monoisotopic (exact) mass is 363 g/mol. The van der Waals surface area contributed by atoms with E-state index in [9.17, 15) is 4.79 Å². The normalized spacial score (nSPS) is 14.1. The van der Waals surface area contributed by atoms with E-state index in [0.29, 0.717) is 24.2 Å². The molecular weight excluding hydrogens is 338 g/mol. The highest BCUT2D eigenvalue weighted by Crippen LogP contribution is 2.36. The maximum absolute atomic E-state index is 13.1. The summed E-state index contributed by atoms with van der Waals surface area (Å²) in [6.07, 6.45) is 3.43. The van der Waals surface area contributed by atoms with Crippen molar-refractivity contribution in [1.82, 2.24) is 14.9 Å². The lowest BCUT2D eigenvalue weighted by atomic mass is 10.2. The Morgan fingerprint density at radius 3 is 2.68 bits per heavy atom. The van der Waals surface area contributed by atoms with Crippen molar-refractivity contribution in [3.05, 3.63) is 16.3 Å². The Bertz CT molecular complexity index is 771. The van der Waals surface area contributed by atoms with E-state index >= 15 is 0 Å². The maximum atomic E-state index is 13.1. The van der Waals surface area contributed by atoms with Crippen molar-refractivity contribution >= 4 is 27.5 Å². The number of amides is 1. The zero-order chi connectivity index (χ0) is 18.0. The van der Waals surface area contributed by atoms with Gasteiger partial charge in [-0.15, -0.1) is 11.3 Å². The van der Waals surface area contributed by atoms with Crippen LogP contribution >= 0.6 is 11.3 Å². The smallest absolute Gasteiger partial charge is 0.264 e. The Balaban J connectivity index is 2.00. The molecule has 7 heteroatoms. The first-order valence-corrected chi connectivity index (χ1v) is 9.52. The molecule has 0 spiro atoms. The summed E-state index contributed by atoms with van der Waals surface area (Å²) in [5.74, 6) is 1.85. The Kier molecular flexibility index (Phi) is 5.54. The van der Waals surface area contributed by atoms with Gasteiger partial charge in [0.1, 0.15) is 11.4 Å². The number of hydrogen-bond donors (Lipinski definition) is 0. The molecule has 0 saturated heterocycles. The van der Waals surface area contributed by atoms with Crippen LogP contribution in [-0.2, 0) is 11.3 Å². The van der Waals surface area contributed by atoms with E-state index in [2.05, 4.69) is 16.9 Å². The minimum atomic E-state index is 0.101. The van der Waals surface area contributed by atoms with Crippen LogP contribution in [0.1, 0.15) is 47.2 Å².